The number of carbonyl (C=O) groups is 1. The highest BCUT2D eigenvalue weighted by molar-refractivity contribution is 7.15. The number of allylic oxidation sites excluding steroid dienone is 5. The van der Waals surface area contributed by atoms with Gasteiger partial charge in [0.25, 0.3) is 0 Å². The van der Waals surface area contributed by atoms with Crippen LogP contribution >= 0.6 is 11.3 Å². The molecule has 5 nitrogen and oxygen atoms in total. The maximum absolute atomic E-state index is 14.6. The van der Waals surface area contributed by atoms with E-state index in [1.165, 1.54) is 23.5 Å². The molecule has 0 aliphatic heterocycles. The number of carbonyl (C=O) groups excluding carboxylic acids is 1. The van der Waals surface area contributed by atoms with Gasteiger partial charge >= 0.3 is 0 Å². The molecule has 3 aromatic rings. The van der Waals surface area contributed by atoms with Crippen LogP contribution in [0.5, 0.6) is 11.6 Å². The van der Waals surface area contributed by atoms with Gasteiger partial charge in [-0.2, -0.15) is 0 Å². The van der Waals surface area contributed by atoms with Crippen molar-refractivity contribution < 1.29 is 13.9 Å². The molecule has 1 N–H and O–H groups in total. The van der Waals surface area contributed by atoms with Gasteiger partial charge in [0, 0.05) is 22.2 Å². The Balaban J connectivity index is 1.68. The van der Waals surface area contributed by atoms with Crippen molar-refractivity contribution in [3.05, 3.63) is 94.9 Å². The molecule has 3 rings (SSSR count). The molecular formula is C28H30FN3O2S. The third-order valence-corrected chi connectivity index (χ3v) is 6.28. The van der Waals surface area contributed by atoms with Crippen molar-refractivity contribution in [2.24, 2.45) is 5.92 Å². The van der Waals surface area contributed by atoms with Crippen molar-refractivity contribution in [3.63, 3.8) is 0 Å². The van der Waals surface area contributed by atoms with Gasteiger partial charge in [0.2, 0.25) is 11.8 Å². The summed E-state index contributed by atoms with van der Waals surface area (Å²) in [6.45, 7) is 11.9. The number of aryl methyl sites for hydroxylation is 2. The number of nitrogens with zero attached hydrogens (tertiary/aromatic N) is 2. The molecule has 0 aliphatic carbocycles. The number of rotatable bonds is 10. The van der Waals surface area contributed by atoms with Crippen molar-refractivity contribution >= 4 is 27.9 Å². The lowest BCUT2D eigenvalue weighted by Crippen LogP contribution is -2.14. The average Bonchev–Trinajstić information content (AvgIpc) is 3.18. The topological polar surface area (TPSA) is 64.1 Å². The van der Waals surface area contributed by atoms with Crippen molar-refractivity contribution in [2.45, 2.75) is 40.5 Å². The van der Waals surface area contributed by atoms with E-state index in [1.807, 2.05) is 32.1 Å². The first-order valence-electron chi connectivity index (χ1n) is 11.5. The minimum absolute atomic E-state index is 0.0110. The smallest absolute Gasteiger partial charge is 0.230 e. The average molecular weight is 492 g/mol. The number of amides is 1. The first-order valence-corrected chi connectivity index (χ1v) is 12.3. The third kappa shape index (κ3) is 7.20. The highest BCUT2D eigenvalue weighted by atomic mass is 32.1. The van der Waals surface area contributed by atoms with E-state index in [2.05, 4.69) is 41.8 Å². The summed E-state index contributed by atoms with van der Waals surface area (Å²) in [6, 6.07) is 8.10. The van der Waals surface area contributed by atoms with Gasteiger partial charge < -0.3 is 10.1 Å². The van der Waals surface area contributed by atoms with Crippen molar-refractivity contribution in [1.29, 1.82) is 0 Å². The lowest BCUT2D eigenvalue weighted by Gasteiger charge is -2.09. The molecule has 1 aromatic carbocycles. The molecule has 0 spiro atoms. The van der Waals surface area contributed by atoms with Gasteiger partial charge in [0.05, 0.1) is 12.1 Å². The standard InChI is InChI=1S/C28H30FN3O2S/c1-6-9-22(13-11-18(3)7-2)26-20(5)35-28(32-26)31-25(33)17-21-12-14-24(23(29)16-21)34-27-19(4)10-8-15-30-27/h6,8-16,18H,1,7,17H2,2-5H3,(H,31,32,33)/b13-11-,22-9+. The third-order valence-electron chi connectivity index (χ3n) is 5.39. The van der Waals surface area contributed by atoms with E-state index in [0.717, 1.165) is 28.1 Å². The van der Waals surface area contributed by atoms with Crippen LogP contribution in [0.15, 0.2) is 67.4 Å². The van der Waals surface area contributed by atoms with E-state index in [0.29, 0.717) is 22.5 Å². The Kier molecular flexibility index (Phi) is 9.09. The maximum atomic E-state index is 14.6. The molecular weight excluding hydrogens is 461 g/mol. The maximum Gasteiger partial charge on any atom is 0.230 e. The summed E-state index contributed by atoms with van der Waals surface area (Å²) in [7, 11) is 0. The molecule has 2 aromatic heterocycles. The molecule has 1 unspecified atom stereocenters. The van der Waals surface area contributed by atoms with E-state index in [1.54, 1.807) is 24.4 Å². The predicted molar refractivity (Wildman–Crippen MR) is 141 cm³/mol. The number of anilines is 1. The van der Waals surface area contributed by atoms with Crippen LogP contribution in [0, 0.1) is 25.6 Å². The molecule has 7 heteroatoms. The summed E-state index contributed by atoms with van der Waals surface area (Å²) in [5.74, 6) is 0.0219. The number of thiazole rings is 1. The number of nitrogens with one attached hydrogen (secondary N) is 1. The Morgan fingerprint density at radius 1 is 1.31 bits per heavy atom. The lowest BCUT2D eigenvalue weighted by atomic mass is 10.0. The van der Waals surface area contributed by atoms with E-state index in [4.69, 9.17) is 4.74 Å². The minimum atomic E-state index is -0.556. The Morgan fingerprint density at radius 2 is 2.11 bits per heavy atom. The summed E-state index contributed by atoms with van der Waals surface area (Å²) in [5, 5.41) is 3.33. The number of pyridine rings is 1. The summed E-state index contributed by atoms with van der Waals surface area (Å²) in [6.07, 6.45) is 10.5. The van der Waals surface area contributed by atoms with Gasteiger partial charge in [0.15, 0.2) is 16.7 Å². The summed E-state index contributed by atoms with van der Waals surface area (Å²) in [5.41, 5.74) is 3.08. The van der Waals surface area contributed by atoms with Crippen LogP contribution in [0.2, 0.25) is 0 Å². The van der Waals surface area contributed by atoms with E-state index < -0.39 is 5.82 Å². The van der Waals surface area contributed by atoms with Crippen LogP contribution in [0.3, 0.4) is 0 Å². The van der Waals surface area contributed by atoms with E-state index in [-0.39, 0.29) is 18.1 Å². The van der Waals surface area contributed by atoms with Gasteiger partial charge in [-0.25, -0.2) is 14.4 Å². The molecule has 0 aliphatic rings. The fourth-order valence-corrected chi connectivity index (χ4v) is 4.08. The Morgan fingerprint density at radius 3 is 2.80 bits per heavy atom. The predicted octanol–water partition coefficient (Wildman–Crippen LogP) is 7.44. The highest BCUT2D eigenvalue weighted by Gasteiger charge is 2.15. The van der Waals surface area contributed by atoms with E-state index >= 15 is 0 Å². The molecule has 0 fully saturated rings. The molecule has 35 heavy (non-hydrogen) atoms. The van der Waals surface area contributed by atoms with Crippen LogP contribution < -0.4 is 10.1 Å². The van der Waals surface area contributed by atoms with Crippen molar-refractivity contribution in [1.82, 2.24) is 9.97 Å². The Hall–Kier alpha value is -3.58. The molecule has 1 atom stereocenters. The van der Waals surface area contributed by atoms with Gasteiger partial charge in [-0.1, -0.05) is 63.3 Å². The second-order valence-corrected chi connectivity index (χ2v) is 9.45. The van der Waals surface area contributed by atoms with Gasteiger partial charge in [0.1, 0.15) is 0 Å². The number of halogens is 1. The zero-order valence-corrected chi connectivity index (χ0v) is 21.3. The second kappa shape index (κ2) is 12.2. The molecule has 0 saturated carbocycles. The summed E-state index contributed by atoms with van der Waals surface area (Å²) >= 11 is 1.40. The zero-order chi connectivity index (χ0) is 25.4. The highest BCUT2D eigenvalue weighted by Crippen LogP contribution is 2.29. The largest absolute Gasteiger partial charge is 0.436 e. The van der Waals surface area contributed by atoms with Crippen LogP contribution in [-0.2, 0) is 11.2 Å². The monoisotopic (exact) mass is 491 g/mol. The first kappa shape index (κ1) is 26.0. The molecule has 0 bridgehead atoms. The molecule has 1 amide bonds. The van der Waals surface area contributed by atoms with Crippen LogP contribution in [0.25, 0.3) is 5.57 Å². The van der Waals surface area contributed by atoms with Gasteiger partial charge in [-0.05, 0) is 43.5 Å². The van der Waals surface area contributed by atoms with Gasteiger partial charge in [-0.3, -0.25) is 4.79 Å². The number of hydrogen-bond acceptors (Lipinski definition) is 5. The number of hydrogen-bond donors (Lipinski definition) is 1. The minimum Gasteiger partial charge on any atom is -0.436 e. The van der Waals surface area contributed by atoms with Crippen LogP contribution in [0.4, 0.5) is 9.52 Å². The molecule has 182 valence electrons. The van der Waals surface area contributed by atoms with Crippen LogP contribution in [-0.4, -0.2) is 15.9 Å². The number of benzene rings is 1. The Bertz CT molecular complexity index is 1260. The second-order valence-electron chi connectivity index (χ2n) is 8.24. The van der Waals surface area contributed by atoms with Crippen molar-refractivity contribution in [3.8, 4) is 11.6 Å². The first-order chi connectivity index (χ1) is 16.8. The summed E-state index contributed by atoms with van der Waals surface area (Å²) < 4.78 is 20.2. The normalized spacial score (nSPS) is 12.5. The zero-order valence-electron chi connectivity index (χ0n) is 20.5. The summed E-state index contributed by atoms with van der Waals surface area (Å²) in [4.78, 5) is 22.4. The molecule has 0 saturated heterocycles. The molecule has 0 radical (unpaired) electrons. The SMILES string of the molecule is C=C/C=C(\C=C/C(C)CC)c1nc(NC(=O)Cc2ccc(Oc3ncccc3C)c(F)c2)sc1C. The fourth-order valence-electron chi connectivity index (χ4n) is 3.23. The Labute approximate surface area is 210 Å². The van der Waals surface area contributed by atoms with E-state index in [9.17, 15) is 9.18 Å². The lowest BCUT2D eigenvalue weighted by molar-refractivity contribution is -0.115. The van der Waals surface area contributed by atoms with Gasteiger partial charge in [-0.15, -0.1) is 11.3 Å². The fraction of sp³-hybridized carbons (Fsp3) is 0.250. The number of aromatic nitrogens is 2. The van der Waals surface area contributed by atoms with Crippen LogP contribution in [0.1, 0.15) is 42.0 Å². The van der Waals surface area contributed by atoms with Crippen molar-refractivity contribution in [2.75, 3.05) is 5.32 Å². The quantitative estimate of drug-likeness (QED) is 0.299. The molecule has 2 heterocycles. The number of ether oxygens (including phenoxy) is 1.